The van der Waals surface area contributed by atoms with E-state index in [-0.39, 0.29) is 11.2 Å². The van der Waals surface area contributed by atoms with Crippen molar-refractivity contribution in [2.45, 2.75) is 33.8 Å². The molecule has 0 aromatic heterocycles. The Bertz CT molecular complexity index is 863. The number of nitrogens with one attached hydrogen (secondary N) is 1. The van der Waals surface area contributed by atoms with Gasteiger partial charge in [0.2, 0.25) is 5.91 Å². The zero-order valence-corrected chi connectivity index (χ0v) is 16.4. The molecule has 0 aliphatic rings. The molecule has 1 N–H and O–H groups in total. The SMILES string of the molecule is Cc1ccc(S[C@H](C)C(=O)Nc2ccccc2Sc2ccccc2)cc1. The number of anilines is 1. The van der Waals surface area contributed by atoms with Gasteiger partial charge in [0.1, 0.15) is 0 Å². The molecule has 0 spiro atoms. The minimum Gasteiger partial charge on any atom is -0.324 e. The number of amides is 1. The monoisotopic (exact) mass is 379 g/mol. The lowest BCUT2D eigenvalue weighted by molar-refractivity contribution is -0.115. The topological polar surface area (TPSA) is 29.1 Å². The van der Waals surface area contributed by atoms with Gasteiger partial charge in [-0.25, -0.2) is 0 Å². The third-order valence-electron chi connectivity index (χ3n) is 3.82. The highest BCUT2D eigenvalue weighted by Crippen LogP contribution is 2.33. The van der Waals surface area contributed by atoms with Gasteiger partial charge in [-0.1, -0.05) is 59.8 Å². The molecule has 132 valence electrons. The molecular weight excluding hydrogens is 358 g/mol. The van der Waals surface area contributed by atoms with Gasteiger partial charge < -0.3 is 5.32 Å². The molecule has 0 saturated heterocycles. The fraction of sp³-hybridized carbons (Fsp3) is 0.136. The van der Waals surface area contributed by atoms with Crippen molar-refractivity contribution in [2.75, 3.05) is 5.32 Å². The highest BCUT2D eigenvalue weighted by molar-refractivity contribution is 8.00. The Morgan fingerprint density at radius 2 is 1.50 bits per heavy atom. The zero-order valence-electron chi connectivity index (χ0n) is 14.8. The van der Waals surface area contributed by atoms with E-state index in [1.54, 1.807) is 23.5 Å². The number of benzene rings is 3. The molecule has 2 nitrogen and oxygen atoms in total. The fourth-order valence-electron chi connectivity index (χ4n) is 2.38. The van der Waals surface area contributed by atoms with Crippen LogP contribution in [0.3, 0.4) is 0 Å². The third kappa shape index (κ3) is 5.16. The second kappa shape index (κ2) is 8.97. The lowest BCUT2D eigenvalue weighted by Gasteiger charge is -2.14. The molecule has 3 aromatic carbocycles. The summed E-state index contributed by atoms with van der Waals surface area (Å²) >= 11 is 3.22. The average Bonchev–Trinajstić information content (AvgIpc) is 2.66. The van der Waals surface area contributed by atoms with E-state index >= 15 is 0 Å². The number of aryl methyl sites for hydroxylation is 1. The molecule has 0 radical (unpaired) electrons. The van der Waals surface area contributed by atoms with Gasteiger partial charge in [-0.15, -0.1) is 11.8 Å². The molecule has 0 aliphatic heterocycles. The van der Waals surface area contributed by atoms with Crippen LogP contribution in [0.1, 0.15) is 12.5 Å². The van der Waals surface area contributed by atoms with Crippen molar-refractivity contribution < 1.29 is 4.79 Å². The standard InChI is InChI=1S/C22H21NOS2/c1-16-12-14-19(15-13-16)25-17(2)22(24)23-20-10-6-7-11-21(20)26-18-8-4-3-5-9-18/h3-15,17H,1-2H3,(H,23,24)/t17-/m1/s1. The van der Waals surface area contributed by atoms with Crippen molar-refractivity contribution in [3.63, 3.8) is 0 Å². The summed E-state index contributed by atoms with van der Waals surface area (Å²) in [5.41, 5.74) is 2.07. The van der Waals surface area contributed by atoms with E-state index in [2.05, 4.69) is 48.6 Å². The summed E-state index contributed by atoms with van der Waals surface area (Å²) < 4.78 is 0. The maximum absolute atomic E-state index is 12.6. The lowest BCUT2D eigenvalue weighted by atomic mass is 10.2. The molecule has 0 aliphatic carbocycles. The van der Waals surface area contributed by atoms with Crippen molar-refractivity contribution in [2.24, 2.45) is 0 Å². The predicted octanol–water partition coefficient (Wildman–Crippen LogP) is 6.27. The van der Waals surface area contributed by atoms with Gasteiger partial charge in [-0.2, -0.15) is 0 Å². The number of carbonyl (C=O) groups is 1. The Hall–Kier alpha value is -2.17. The molecular formula is C22H21NOS2. The van der Waals surface area contributed by atoms with Crippen LogP contribution < -0.4 is 5.32 Å². The zero-order chi connectivity index (χ0) is 18.4. The van der Waals surface area contributed by atoms with Crippen LogP contribution in [0, 0.1) is 6.92 Å². The summed E-state index contributed by atoms with van der Waals surface area (Å²) in [5, 5.41) is 2.91. The Morgan fingerprint density at radius 3 is 2.23 bits per heavy atom. The highest BCUT2D eigenvalue weighted by atomic mass is 32.2. The van der Waals surface area contributed by atoms with E-state index in [0.29, 0.717) is 0 Å². The van der Waals surface area contributed by atoms with Gasteiger partial charge in [0, 0.05) is 14.7 Å². The van der Waals surface area contributed by atoms with Gasteiger partial charge in [0.15, 0.2) is 0 Å². The highest BCUT2D eigenvalue weighted by Gasteiger charge is 2.16. The number of carbonyl (C=O) groups excluding carboxylic acids is 1. The van der Waals surface area contributed by atoms with E-state index in [1.165, 1.54) is 5.56 Å². The first-order valence-electron chi connectivity index (χ1n) is 8.48. The summed E-state index contributed by atoms with van der Waals surface area (Å²) in [6, 6.07) is 26.3. The quantitative estimate of drug-likeness (QED) is 0.512. The van der Waals surface area contributed by atoms with Crippen LogP contribution in [0.5, 0.6) is 0 Å². The molecule has 0 saturated carbocycles. The molecule has 4 heteroatoms. The molecule has 0 unspecified atom stereocenters. The maximum Gasteiger partial charge on any atom is 0.237 e. The predicted molar refractivity (Wildman–Crippen MR) is 112 cm³/mol. The van der Waals surface area contributed by atoms with Crippen LogP contribution in [-0.2, 0) is 4.79 Å². The number of hydrogen-bond donors (Lipinski definition) is 1. The van der Waals surface area contributed by atoms with Crippen molar-refractivity contribution in [1.82, 2.24) is 0 Å². The molecule has 1 amide bonds. The summed E-state index contributed by atoms with van der Waals surface area (Å²) in [6.07, 6.45) is 0. The van der Waals surface area contributed by atoms with Crippen LogP contribution in [0.2, 0.25) is 0 Å². The molecule has 0 heterocycles. The van der Waals surface area contributed by atoms with Crippen LogP contribution in [-0.4, -0.2) is 11.2 Å². The Morgan fingerprint density at radius 1 is 0.846 bits per heavy atom. The molecule has 0 bridgehead atoms. The first-order chi connectivity index (χ1) is 12.6. The summed E-state index contributed by atoms with van der Waals surface area (Å²) in [4.78, 5) is 15.9. The van der Waals surface area contributed by atoms with E-state index in [9.17, 15) is 4.79 Å². The van der Waals surface area contributed by atoms with Crippen molar-refractivity contribution in [3.8, 4) is 0 Å². The second-order valence-electron chi connectivity index (χ2n) is 5.97. The second-order valence-corrected chi connectivity index (χ2v) is 8.50. The van der Waals surface area contributed by atoms with Crippen LogP contribution in [0.4, 0.5) is 5.69 Å². The first kappa shape index (κ1) is 18.6. The lowest BCUT2D eigenvalue weighted by Crippen LogP contribution is -2.22. The number of hydrogen-bond acceptors (Lipinski definition) is 3. The molecule has 26 heavy (non-hydrogen) atoms. The molecule has 3 rings (SSSR count). The van der Waals surface area contributed by atoms with Crippen molar-refractivity contribution in [1.29, 1.82) is 0 Å². The number of para-hydroxylation sites is 1. The maximum atomic E-state index is 12.6. The Kier molecular flexibility index (Phi) is 6.42. The van der Waals surface area contributed by atoms with Gasteiger partial charge >= 0.3 is 0 Å². The van der Waals surface area contributed by atoms with Gasteiger partial charge in [0.25, 0.3) is 0 Å². The Labute approximate surface area is 163 Å². The van der Waals surface area contributed by atoms with Crippen LogP contribution >= 0.6 is 23.5 Å². The van der Waals surface area contributed by atoms with Crippen molar-refractivity contribution >= 4 is 35.1 Å². The summed E-state index contributed by atoms with van der Waals surface area (Å²) in [7, 11) is 0. The minimum atomic E-state index is -0.174. The minimum absolute atomic E-state index is 0.0108. The summed E-state index contributed by atoms with van der Waals surface area (Å²) in [5.74, 6) is 0.0108. The summed E-state index contributed by atoms with van der Waals surface area (Å²) in [6.45, 7) is 4.00. The fourth-order valence-corrected chi connectivity index (χ4v) is 4.17. The molecule has 0 fully saturated rings. The molecule has 3 aromatic rings. The van der Waals surface area contributed by atoms with Crippen LogP contribution in [0.25, 0.3) is 0 Å². The number of thioether (sulfide) groups is 1. The van der Waals surface area contributed by atoms with Gasteiger partial charge in [-0.3, -0.25) is 4.79 Å². The van der Waals surface area contributed by atoms with Crippen molar-refractivity contribution in [3.05, 3.63) is 84.4 Å². The third-order valence-corrected chi connectivity index (χ3v) is 6.01. The van der Waals surface area contributed by atoms with Gasteiger partial charge in [0.05, 0.1) is 10.9 Å². The van der Waals surface area contributed by atoms with Crippen LogP contribution in [0.15, 0.2) is 93.5 Å². The van der Waals surface area contributed by atoms with Gasteiger partial charge in [-0.05, 0) is 50.2 Å². The average molecular weight is 380 g/mol. The van der Waals surface area contributed by atoms with E-state index in [4.69, 9.17) is 0 Å². The smallest absolute Gasteiger partial charge is 0.237 e. The Balaban J connectivity index is 1.68. The number of rotatable bonds is 6. The van der Waals surface area contributed by atoms with E-state index in [0.717, 1.165) is 20.4 Å². The van der Waals surface area contributed by atoms with E-state index in [1.807, 2.05) is 49.4 Å². The van der Waals surface area contributed by atoms with E-state index < -0.39 is 0 Å². The largest absolute Gasteiger partial charge is 0.324 e. The first-order valence-corrected chi connectivity index (χ1v) is 10.2. The normalized spacial score (nSPS) is 11.8. The molecule has 1 atom stereocenters.